The molecule has 108 valence electrons. The fraction of sp³-hybridized carbons (Fsp3) is 0.467. The molecule has 20 heavy (non-hydrogen) atoms. The van der Waals surface area contributed by atoms with Crippen LogP contribution in [-0.4, -0.2) is 55.0 Å². The van der Waals surface area contributed by atoms with Crippen LogP contribution in [0.15, 0.2) is 24.3 Å². The van der Waals surface area contributed by atoms with Gasteiger partial charge in [-0.1, -0.05) is 24.3 Å². The van der Waals surface area contributed by atoms with Crippen LogP contribution in [0.1, 0.15) is 11.1 Å². The van der Waals surface area contributed by atoms with Crippen molar-refractivity contribution in [2.24, 2.45) is 0 Å². The van der Waals surface area contributed by atoms with Gasteiger partial charge in [-0.05, 0) is 24.5 Å². The van der Waals surface area contributed by atoms with E-state index in [1.165, 1.54) is 11.1 Å². The largest absolute Gasteiger partial charge is 0.342 e. The molecule has 1 saturated heterocycles. The normalized spacial score (nSPS) is 15.1. The summed E-state index contributed by atoms with van der Waals surface area (Å²) in [5, 5.41) is 2.94. The van der Waals surface area contributed by atoms with Gasteiger partial charge in [0.2, 0.25) is 6.41 Å². The molecule has 1 aliphatic heterocycles. The van der Waals surface area contributed by atoms with Crippen LogP contribution in [0.25, 0.3) is 0 Å². The number of benzene rings is 1. The predicted octanol–water partition coefficient (Wildman–Crippen LogP) is 1.02. The summed E-state index contributed by atoms with van der Waals surface area (Å²) in [6, 6.07) is 8.16. The molecule has 0 atom stereocenters. The van der Waals surface area contributed by atoms with Crippen LogP contribution < -0.4 is 5.32 Å². The smallest absolute Gasteiger partial charge is 0.317 e. The minimum atomic E-state index is -0.0378. The lowest BCUT2D eigenvalue weighted by Crippen LogP contribution is -2.51. The lowest BCUT2D eigenvalue weighted by atomic mass is 10.1. The lowest BCUT2D eigenvalue weighted by molar-refractivity contribution is -0.119. The maximum Gasteiger partial charge on any atom is 0.317 e. The Morgan fingerprint density at radius 1 is 1.25 bits per heavy atom. The van der Waals surface area contributed by atoms with Gasteiger partial charge in [-0.15, -0.1) is 0 Å². The number of urea groups is 1. The van der Waals surface area contributed by atoms with Gasteiger partial charge in [-0.25, -0.2) is 4.79 Å². The number of nitrogens with zero attached hydrogens (tertiary/aromatic N) is 2. The first-order valence-electron chi connectivity index (χ1n) is 6.97. The molecule has 0 radical (unpaired) electrons. The highest BCUT2D eigenvalue weighted by Crippen LogP contribution is 2.07. The Morgan fingerprint density at radius 3 is 2.60 bits per heavy atom. The number of carbonyl (C=O) groups is 2. The number of carbonyl (C=O) groups excluding carboxylic acids is 2. The number of hydrogen-bond donors (Lipinski definition) is 1. The number of aryl methyl sites for hydroxylation is 1. The van der Waals surface area contributed by atoms with Gasteiger partial charge in [0.15, 0.2) is 0 Å². The molecule has 1 heterocycles. The van der Waals surface area contributed by atoms with Gasteiger partial charge in [0.25, 0.3) is 0 Å². The summed E-state index contributed by atoms with van der Waals surface area (Å²) in [5.41, 5.74) is 2.51. The monoisotopic (exact) mass is 275 g/mol. The van der Waals surface area contributed by atoms with Crippen molar-refractivity contribution in [3.8, 4) is 0 Å². The Hall–Kier alpha value is -2.04. The van der Waals surface area contributed by atoms with E-state index < -0.39 is 0 Å². The molecule has 1 N–H and O–H groups in total. The zero-order valence-electron chi connectivity index (χ0n) is 11.8. The molecule has 0 unspecified atom stereocenters. The Balaban J connectivity index is 1.73. The first kappa shape index (κ1) is 14.4. The predicted molar refractivity (Wildman–Crippen MR) is 77.5 cm³/mol. The van der Waals surface area contributed by atoms with E-state index in [1.807, 2.05) is 12.1 Å². The molecule has 5 heteroatoms. The van der Waals surface area contributed by atoms with Crippen LogP contribution >= 0.6 is 0 Å². The topological polar surface area (TPSA) is 52.7 Å². The summed E-state index contributed by atoms with van der Waals surface area (Å²) in [6.07, 6.45) is 1.68. The van der Waals surface area contributed by atoms with Gasteiger partial charge < -0.3 is 15.1 Å². The molecule has 1 aliphatic rings. The van der Waals surface area contributed by atoms with Gasteiger partial charge in [0, 0.05) is 32.7 Å². The zero-order chi connectivity index (χ0) is 14.4. The number of hydrogen-bond acceptors (Lipinski definition) is 2. The first-order valence-corrected chi connectivity index (χ1v) is 6.97. The molecule has 1 fully saturated rings. The second-order valence-corrected chi connectivity index (χ2v) is 5.04. The number of piperazine rings is 1. The van der Waals surface area contributed by atoms with Gasteiger partial charge in [0.1, 0.15) is 0 Å². The van der Waals surface area contributed by atoms with Crippen molar-refractivity contribution < 1.29 is 9.59 Å². The molecule has 5 nitrogen and oxygen atoms in total. The molecule has 0 spiro atoms. The second kappa shape index (κ2) is 6.93. The summed E-state index contributed by atoms with van der Waals surface area (Å²) < 4.78 is 0. The van der Waals surface area contributed by atoms with E-state index in [2.05, 4.69) is 24.4 Å². The highest BCUT2D eigenvalue weighted by Gasteiger charge is 2.19. The molecule has 3 amide bonds. The van der Waals surface area contributed by atoms with E-state index in [9.17, 15) is 9.59 Å². The average molecular weight is 275 g/mol. The number of nitrogens with one attached hydrogen (secondary N) is 1. The molecule has 0 aliphatic carbocycles. The Bertz CT molecular complexity index is 468. The van der Waals surface area contributed by atoms with Gasteiger partial charge in [-0.3, -0.25) is 4.79 Å². The van der Waals surface area contributed by atoms with Crippen LogP contribution in [0, 0.1) is 6.92 Å². The molecular formula is C15H21N3O2. The Kier molecular flexibility index (Phi) is 4.98. The van der Waals surface area contributed by atoms with Crippen molar-refractivity contribution in [3.63, 3.8) is 0 Å². The summed E-state index contributed by atoms with van der Waals surface area (Å²) in [7, 11) is 0. The maximum atomic E-state index is 12.0. The van der Waals surface area contributed by atoms with E-state index in [-0.39, 0.29) is 6.03 Å². The summed E-state index contributed by atoms with van der Waals surface area (Å²) >= 11 is 0. The molecule has 1 aromatic carbocycles. The van der Waals surface area contributed by atoms with Crippen LogP contribution in [0.3, 0.4) is 0 Å². The van der Waals surface area contributed by atoms with Crippen LogP contribution in [0.4, 0.5) is 4.79 Å². The quantitative estimate of drug-likeness (QED) is 0.834. The third kappa shape index (κ3) is 3.73. The van der Waals surface area contributed by atoms with Crippen LogP contribution in [-0.2, 0) is 11.2 Å². The van der Waals surface area contributed by atoms with Gasteiger partial charge >= 0.3 is 6.03 Å². The molecule has 1 aromatic rings. The third-order valence-corrected chi connectivity index (χ3v) is 3.68. The SMILES string of the molecule is Cc1ccccc1CCNC(=O)N1CCN(C=O)CC1. The standard InChI is InChI=1S/C15H21N3O2/c1-13-4-2-3-5-14(13)6-7-16-15(20)18-10-8-17(12-19)9-11-18/h2-5,12H,6-11H2,1H3,(H,16,20). The maximum absolute atomic E-state index is 12.0. The third-order valence-electron chi connectivity index (χ3n) is 3.68. The second-order valence-electron chi connectivity index (χ2n) is 5.04. The molecule has 0 bridgehead atoms. The molecule has 0 saturated carbocycles. The summed E-state index contributed by atoms with van der Waals surface area (Å²) in [6.45, 7) is 5.17. The van der Waals surface area contributed by atoms with Crippen molar-refractivity contribution in [1.29, 1.82) is 0 Å². The van der Waals surface area contributed by atoms with Crippen LogP contribution in [0.5, 0.6) is 0 Å². The highest BCUT2D eigenvalue weighted by atomic mass is 16.2. The van der Waals surface area contributed by atoms with E-state index in [0.29, 0.717) is 32.7 Å². The van der Waals surface area contributed by atoms with E-state index in [4.69, 9.17) is 0 Å². The summed E-state index contributed by atoms with van der Waals surface area (Å²) in [4.78, 5) is 26.0. The van der Waals surface area contributed by atoms with Crippen LogP contribution in [0.2, 0.25) is 0 Å². The fourth-order valence-corrected chi connectivity index (χ4v) is 2.34. The average Bonchev–Trinajstić information content (AvgIpc) is 2.49. The van der Waals surface area contributed by atoms with Gasteiger partial charge in [0.05, 0.1) is 0 Å². The molecule has 0 aromatic heterocycles. The van der Waals surface area contributed by atoms with E-state index in [1.54, 1.807) is 9.80 Å². The van der Waals surface area contributed by atoms with Crippen molar-refractivity contribution in [1.82, 2.24) is 15.1 Å². The number of amides is 3. The molecule has 2 rings (SSSR count). The van der Waals surface area contributed by atoms with Crippen molar-refractivity contribution in [2.45, 2.75) is 13.3 Å². The molecular weight excluding hydrogens is 254 g/mol. The van der Waals surface area contributed by atoms with Crippen molar-refractivity contribution in [2.75, 3.05) is 32.7 Å². The number of rotatable bonds is 4. The van der Waals surface area contributed by atoms with E-state index >= 15 is 0 Å². The summed E-state index contributed by atoms with van der Waals surface area (Å²) in [5.74, 6) is 0. The van der Waals surface area contributed by atoms with E-state index in [0.717, 1.165) is 12.8 Å². The highest BCUT2D eigenvalue weighted by molar-refractivity contribution is 5.74. The van der Waals surface area contributed by atoms with Crippen molar-refractivity contribution >= 4 is 12.4 Å². The zero-order valence-corrected chi connectivity index (χ0v) is 11.8. The minimum Gasteiger partial charge on any atom is -0.342 e. The first-order chi connectivity index (χ1) is 9.70. The van der Waals surface area contributed by atoms with Gasteiger partial charge in [-0.2, -0.15) is 0 Å². The lowest BCUT2D eigenvalue weighted by Gasteiger charge is -2.32. The Morgan fingerprint density at radius 2 is 1.95 bits per heavy atom. The fourth-order valence-electron chi connectivity index (χ4n) is 2.34. The van der Waals surface area contributed by atoms with Crippen molar-refractivity contribution in [3.05, 3.63) is 35.4 Å². The Labute approximate surface area is 119 Å². The minimum absolute atomic E-state index is 0.0378.